The molecule has 2 N–H and O–H groups in total. The Labute approximate surface area is 102 Å². The van der Waals surface area contributed by atoms with Gasteiger partial charge in [-0.05, 0) is 31.2 Å². The summed E-state index contributed by atoms with van der Waals surface area (Å²) in [5.41, 5.74) is 0. The molecule has 0 heterocycles. The third kappa shape index (κ3) is 3.29. The molecular formula is C9H10BrNO4S. The molecule has 88 valence electrons. The maximum Gasteiger partial charge on any atom is 0.321 e. The van der Waals surface area contributed by atoms with Crippen LogP contribution in [0.3, 0.4) is 0 Å². The van der Waals surface area contributed by atoms with Crippen molar-refractivity contribution < 1.29 is 18.3 Å². The number of rotatable bonds is 4. The molecule has 0 bridgehead atoms. The molecule has 0 saturated heterocycles. The monoisotopic (exact) mass is 307 g/mol. The SMILES string of the molecule is C[C@H](NS(=O)(=O)c1ccc(Br)cc1)C(=O)O. The Bertz CT molecular complexity index is 483. The van der Waals surface area contributed by atoms with Crippen molar-refractivity contribution >= 4 is 31.9 Å². The highest BCUT2D eigenvalue weighted by molar-refractivity contribution is 9.10. The van der Waals surface area contributed by atoms with Gasteiger partial charge >= 0.3 is 5.97 Å². The molecule has 0 unspecified atom stereocenters. The van der Waals surface area contributed by atoms with E-state index in [0.717, 1.165) is 4.47 Å². The standard InChI is InChI=1S/C9H10BrNO4S/c1-6(9(12)13)11-16(14,15)8-4-2-7(10)3-5-8/h2-6,11H,1H3,(H,12,13)/t6-/m0/s1. The van der Waals surface area contributed by atoms with Gasteiger partial charge in [-0.1, -0.05) is 15.9 Å². The smallest absolute Gasteiger partial charge is 0.321 e. The van der Waals surface area contributed by atoms with Crippen LogP contribution in [-0.4, -0.2) is 25.5 Å². The molecule has 7 heteroatoms. The van der Waals surface area contributed by atoms with Crippen LogP contribution in [-0.2, 0) is 14.8 Å². The first-order chi connectivity index (χ1) is 7.33. The molecule has 0 aliphatic carbocycles. The summed E-state index contributed by atoms with van der Waals surface area (Å²) in [6, 6.07) is 4.76. The second kappa shape index (κ2) is 4.94. The minimum Gasteiger partial charge on any atom is -0.480 e. The second-order valence-electron chi connectivity index (χ2n) is 3.14. The summed E-state index contributed by atoms with van der Waals surface area (Å²) >= 11 is 3.18. The number of sulfonamides is 1. The number of carboxylic acid groups (broad SMARTS) is 1. The first-order valence-corrected chi connectivity index (χ1v) is 6.61. The molecule has 5 nitrogen and oxygen atoms in total. The second-order valence-corrected chi connectivity index (χ2v) is 5.76. The summed E-state index contributed by atoms with van der Waals surface area (Å²) in [6.07, 6.45) is 0. The fourth-order valence-corrected chi connectivity index (χ4v) is 2.43. The third-order valence-corrected chi connectivity index (χ3v) is 3.91. The van der Waals surface area contributed by atoms with Crippen LogP contribution < -0.4 is 4.72 Å². The molecule has 0 radical (unpaired) electrons. The minimum absolute atomic E-state index is 0.0313. The van der Waals surface area contributed by atoms with Crippen molar-refractivity contribution in [2.24, 2.45) is 0 Å². The van der Waals surface area contributed by atoms with E-state index in [1.54, 1.807) is 12.1 Å². The van der Waals surface area contributed by atoms with Crippen molar-refractivity contribution in [1.29, 1.82) is 0 Å². The zero-order valence-electron chi connectivity index (χ0n) is 8.34. The molecule has 0 saturated carbocycles. The van der Waals surface area contributed by atoms with Crippen LogP contribution >= 0.6 is 15.9 Å². The van der Waals surface area contributed by atoms with Gasteiger partial charge in [-0.2, -0.15) is 4.72 Å². The summed E-state index contributed by atoms with van der Waals surface area (Å²) in [4.78, 5) is 10.6. The predicted octanol–water partition coefficient (Wildman–Crippen LogP) is 1.20. The maximum atomic E-state index is 11.7. The average Bonchev–Trinajstić information content (AvgIpc) is 2.17. The van der Waals surface area contributed by atoms with Gasteiger partial charge in [0.15, 0.2) is 0 Å². The predicted molar refractivity (Wildman–Crippen MR) is 61.6 cm³/mol. The zero-order chi connectivity index (χ0) is 12.3. The lowest BCUT2D eigenvalue weighted by atomic mass is 10.4. The number of halogens is 1. The first kappa shape index (κ1) is 13.1. The number of nitrogens with one attached hydrogen (secondary N) is 1. The summed E-state index contributed by atoms with van der Waals surface area (Å²) in [5.74, 6) is -1.22. The normalized spacial score (nSPS) is 13.4. The summed E-state index contributed by atoms with van der Waals surface area (Å²) in [5, 5.41) is 8.60. The summed E-state index contributed by atoms with van der Waals surface area (Å²) < 4.78 is 26.1. The van der Waals surface area contributed by atoms with Crippen LogP contribution in [0.25, 0.3) is 0 Å². The van der Waals surface area contributed by atoms with Gasteiger partial charge in [0, 0.05) is 4.47 Å². The molecular weight excluding hydrogens is 298 g/mol. The quantitative estimate of drug-likeness (QED) is 0.875. The average molecular weight is 308 g/mol. The lowest BCUT2D eigenvalue weighted by Crippen LogP contribution is -2.38. The molecule has 1 aromatic carbocycles. The Morgan fingerprint density at radius 1 is 1.38 bits per heavy atom. The van der Waals surface area contributed by atoms with Crippen LogP contribution in [0.4, 0.5) is 0 Å². The first-order valence-electron chi connectivity index (χ1n) is 4.33. The fraction of sp³-hybridized carbons (Fsp3) is 0.222. The Kier molecular flexibility index (Phi) is 4.06. The largest absolute Gasteiger partial charge is 0.480 e. The lowest BCUT2D eigenvalue weighted by molar-refractivity contribution is -0.138. The number of hydrogen-bond acceptors (Lipinski definition) is 3. The highest BCUT2D eigenvalue weighted by Gasteiger charge is 2.20. The van der Waals surface area contributed by atoms with Crippen molar-refractivity contribution in [2.75, 3.05) is 0 Å². The Morgan fingerprint density at radius 3 is 2.31 bits per heavy atom. The van der Waals surface area contributed by atoms with Crippen molar-refractivity contribution in [3.8, 4) is 0 Å². The summed E-state index contributed by atoms with van der Waals surface area (Å²) in [7, 11) is -3.77. The molecule has 1 aromatic rings. The highest BCUT2D eigenvalue weighted by atomic mass is 79.9. The Hall–Kier alpha value is -0.920. The fourth-order valence-electron chi connectivity index (χ4n) is 0.965. The Morgan fingerprint density at radius 2 is 1.88 bits per heavy atom. The highest BCUT2D eigenvalue weighted by Crippen LogP contribution is 2.14. The molecule has 0 aromatic heterocycles. The van der Waals surface area contributed by atoms with Crippen molar-refractivity contribution in [3.05, 3.63) is 28.7 Å². The zero-order valence-corrected chi connectivity index (χ0v) is 10.7. The van der Waals surface area contributed by atoms with Gasteiger partial charge in [0.05, 0.1) is 4.90 Å². The van der Waals surface area contributed by atoms with Crippen molar-refractivity contribution in [1.82, 2.24) is 4.72 Å². The number of carboxylic acids is 1. The van der Waals surface area contributed by atoms with Crippen LogP contribution in [0.1, 0.15) is 6.92 Å². The van der Waals surface area contributed by atoms with Gasteiger partial charge in [-0.25, -0.2) is 8.42 Å². The van der Waals surface area contributed by atoms with Crippen molar-refractivity contribution in [3.63, 3.8) is 0 Å². The molecule has 0 amide bonds. The van der Waals surface area contributed by atoms with Crippen LogP contribution in [0.2, 0.25) is 0 Å². The van der Waals surface area contributed by atoms with Crippen molar-refractivity contribution in [2.45, 2.75) is 17.9 Å². The number of carbonyl (C=O) groups is 1. The van der Waals surface area contributed by atoms with Gasteiger partial charge in [0.25, 0.3) is 0 Å². The van der Waals surface area contributed by atoms with Crippen LogP contribution in [0.15, 0.2) is 33.6 Å². The summed E-state index contributed by atoms with van der Waals surface area (Å²) in [6.45, 7) is 1.26. The van der Waals surface area contributed by atoms with E-state index in [2.05, 4.69) is 15.9 Å². The van der Waals surface area contributed by atoms with E-state index in [9.17, 15) is 13.2 Å². The van der Waals surface area contributed by atoms with E-state index in [4.69, 9.17) is 5.11 Å². The topological polar surface area (TPSA) is 83.5 Å². The minimum atomic E-state index is -3.77. The van der Waals surface area contributed by atoms with Gasteiger partial charge < -0.3 is 5.11 Å². The molecule has 0 aliphatic heterocycles. The van der Waals surface area contributed by atoms with Crippen LogP contribution in [0.5, 0.6) is 0 Å². The van der Waals surface area contributed by atoms with E-state index < -0.39 is 22.0 Å². The molecule has 0 aliphatic rings. The van der Waals surface area contributed by atoms with E-state index in [1.807, 2.05) is 4.72 Å². The van der Waals surface area contributed by atoms with E-state index in [1.165, 1.54) is 19.1 Å². The van der Waals surface area contributed by atoms with Gasteiger partial charge in [-0.15, -0.1) is 0 Å². The number of aliphatic carboxylic acids is 1. The molecule has 16 heavy (non-hydrogen) atoms. The van der Waals surface area contributed by atoms with E-state index >= 15 is 0 Å². The molecule has 1 atom stereocenters. The van der Waals surface area contributed by atoms with Gasteiger partial charge in [0.1, 0.15) is 6.04 Å². The van der Waals surface area contributed by atoms with Crippen LogP contribution in [0, 0.1) is 0 Å². The number of hydrogen-bond donors (Lipinski definition) is 2. The van der Waals surface area contributed by atoms with E-state index in [-0.39, 0.29) is 4.90 Å². The van der Waals surface area contributed by atoms with Gasteiger partial charge in [0.2, 0.25) is 10.0 Å². The Balaban J connectivity index is 2.94. The lowest BCUT2D eigenvalue weighted by Gasteiger charge is -2.09. The maximum absolute atomic E-state index is 11.7. The van der Waals surface area contributed by atoms with E-state index in [0.29, 0.717) is 0 Å². The molecule has 0 spiro atoms. The number of benzene rings is 1. The third-order valence-electron chi connectivity index (χ3n) is 1.83. The molecule has 1 rings (SSSR count). The van der Waals surface area contributed by atoms with Gasteiger partial charge in [-0.3, -0.25) is 4.79 Å². The molecule has 0 fully saturated rings.